The zero-order chi connectivity index (χ0) is 14.9. The van der Waals surface area contributed by atoms with Crippen molar-refractivity contribution in [1.82, 2.24) is 0 Å². The summed E-state index contributed by atoms with van der Waals surface area (Å²) in [4.78, 5) is 0. The normalized spacial score (nSPS) is 11.5. The van der Waals surface area contributed by atoms with Gasteiger partial charge in [-0.05, 0) is 42.8 Å². The summed E-state index contributed by atoms with van der Waals surface area (Å²) in [5, 5.41) is 0.560. The average Bonchev–Trinajstić information content (AvgIpc) is 2.35. The van der Waals surface area contributed by atoms with Crippen LogP contribution in [0.5, 0.6) is 11.5 Å². The molecule has 1 nitrogen and oxygen atoms in total. The van der Waals surface area contributed by atoms with Crippen molar-refractivity contribution in [3.63, 3.8) is 0 Å². The first kappa shape index (κ1) is 15.1. The van der Waals surface area contributed by atoms with Crippen LogP contribution in [0.1, 0.15) is 18.1 Å². The van der Waals surface area contributed by atoms with Gasteiger partial charge in [0.05, 0.1) is 0 Å². The smallest absolute Gasteiger partial charge is 0.272 e. The lowest BCUT2D eigenvalue weighted by atomic mass is 10.1. The Morgan fingerprint density at radius 1 is 0.950 bits per heavy atom. The first-order valence-electron chi connectivity index (χ1n) is 5.89. The molecule has 0 N–H and O–H groups in total. The molecule has 106 valence electrons. The minimum atomic E-state index is -3.03. The minimum Gasteiger partial charge on any atom is -0.457 e. The van der Waals surface area contributed by atoms with Crippen LogP contribution in [-0.2, 0) is 5.92 Å². The van der Waals surface area contributed by atoms with E-state index < -0.39 is 5.92 Å². The molecule has 2 rings (SSSR count). The lowest BCUT2D eigenvalue weighted by molar-refractivity contribution is 0.0174. The lowest BCUT2D eigenvalue weighted by Gasteiger charge is -2.14. The van der Waals surface area contributed by atoms with Crippen molar-refractivity contribution in [3.8, 4) is 11.5 Å². The highest BCUT2D eigenvalue weighted by Gasteiger charge is 2.27. The number of alkyl halides is 2. The van der Waals surface area contributed by atoms with Crippen LogP contribution in [0.25, 0.3) is 0 Å². The second kappa shape index (κ2) is 5.58. The van der Waals surface area contributed by atoms with E-state index in [1.807, 2.05) is 6.92 Å². The predicted octanol–water partition coefficient (Wildman–Crippen LogP) is 6.21. The van der Waals surface area contributed by atoms with Gasteiger partial charge >= 0.3 is 0 Å². The standard InChI is InChI=1S/C15H12Cl2F2O/c1-9-3-4-11(8-14(9)17)20-10-5-6-13(16)12(7-10)15(2,18)19/h3-8H,1-2H3. The van der Waals surface area contributed by atoms with E-state index in [9.17, 15) is 8.78 Å². The van der Waals surface area contributed by atoms with Crippen molar-refractivity contribution in [2.75, 3.05) is 0 Å². The number of halogens is 4. The lowest BCUT2D eigenvalue weighted by Crippen LogP contribution is -2.07. The molecule has 0 fully saturated rings. The summed E-state index contributed by atoms with van der Waals surface area (Å²) < 4.78 is 32.3. The van der Waals surface area contributed by atoms with E-state index in [-0.39, 0.29) is 16.3 Å². The molecule has 0 amide bonds. The molecule has 0 unspecified atom stereocenters. The summed E-state index contributed by atoms with van der Waals surface area (Å²) in [6, 6.07) is 9.30. The van der Waals surface area contributed by atoms with E-state index in [0.29, 0.717) is 10.8 Å². The van der Waals surface area contributed by atoms with E-state index in [4.69, 9.17) is 27.9 Å². The summed E-state index contributed by atoms with van der Waals surface area (Å²) in [5.74, 6) is -2.26. The van der Waals surface area contributed by atoms with E-state index in [0.717, 1.165) is 12.5 Å². The van der Waals surface area contributed by atoms with E-state index >= 15 is 0 Å². The predicted molar refractivity (Wildman–Crippen MR) is 77.3 cm³/mol. The average molecular weight is 317 g/mol. The van der Waals surface area contributed by atoms with Crippen molar-refractivity contribution >= 4 is 23.2 Å². The molecular formula is C15H12Cl2F2O. The number of rotatable bonds is 3. The molecule has 0 bridgehead atoms. The molecule has 0 radical (unpaired) electrons. The molecule has 2 aromatic rings. The highest BCUT2D eigenvalue weighted by molar-refractivity contribution is 6.31. The number of ether oxygens (including phenoxy) is 1. The molecule has 0 aromatic heterocycles. The van der Waals surface area contributed by atoms with Gasteiger partial charge in [0.15, 0.2) is 0 Å². The van der Waals surface area contributed by atoms with Gasteiger partial charge in [0.25, 0.3) is 5.92 Å². The topological polar surface area (TPSA) is 9.23 Å². The quantitative estimate of drug-likeness (QED) is 0.654. The summed E-state index contributed by atoms with van der Waals surface area (Å²) >= 11 is 11.8. The van der Waals surface area contributed by atoms with Crippen LogP contribution in [0, 0.1) is 6.92 Å². The molecule has 0 aliphatic carbocycles. The van der Waals surface area contributed by atoms with Gasteiger partial charge in [-0.1, -0.05) is 29.3 Å². The first-order valence-corrected chi connectivity index (χ1v) is 6.65. The van der Waals surface area contributed by atoms with Gasteiger partial charge in [-0.15, -0.1) is 0 Å². The highest BCUT2D eigenvalue weighted by Crippen LogP contribution is 2.36. The summed E-state index contributed by atoms with van der Waals surface area (Å²) in [6.45, 7) is 2.66. The van der Waals surface area contributed by atoms with E-state index in [2.05, 4.69) is 0 Å². The monoisotopic (exact) mass is 316 g/mol. The molecular weight excluding hydrogens is 305 g/mol. The first-order chi connectivity index (χ1) is 9.27. The van der Waals surface area contributed by atoms with Crippen LogP contribution in [0.2, 0.25) is 10.0 Å². The molecule has 0 saturated carbocycles. The number of hydrogen-bond acceptors (Lipinski definition) is 1. The maximum absolute atomic E-state index is 13.4. The molecule has 0 aliphatic heterocycles. The van der Waals surface area contributed by atoms with Crippen LogP contribution < -0.4 is 4.74 Å². The van der Waals surface area contributed by atoms with Gasteiger partial charge < -0.3 is 4.74 Å². The van der Waals surface area contributed by atoms with E-state index in [1.165, 1.54) is 18.2 Å². The Hall–Kier alpha value is -1.32. The number of hydrogen-bond donors (Lipinski definition) is 0. The summed E-state index contributed by atoms with van der Waals surface area (Å²) in [5.41, 5.74) is 0.644. The van der Waals surface area contributed by atoms with Crippen molar-refractivity contribution < 1.29 is 13.5 Å². The van der Waals surface area contributed by atoms with Crippen LogP contribution in [0.3, 0.4) is 0 Å². The maximum Gasteiger partial charge on any atom is 0.272 e. The fraction of sp³-hybridized carbons (Fsp3) is 0.200. The fourth-order valence-electron chi connectivity index (χ4n) is 1.68. The van der Waals surface area contributed by atoms with Gasteiger partial charge in [0.2, 0.25) is 0 Å². The molecule has 5 heteroatoms. The summed E-state index contributed by atoms with van der Waals surface area (Å²) in [6.07, 6.45) is 0. The SMILES string of the molecule is Cc1ccc(Oc2ccc(Cl)c(C(C)(F)F)c2)cc1Cl. The molecule has 0 saturated heterocycles. The zero-order valence-corrected chi connectivity index (χ0v) is 12.4. The van der Waals surface area contributed by atoms with Gasteiger partial charge in [-0.3, -0.25) is 0 Å². The van der Waals surface area contributed by atoms with Crippen molar-refractivity contribution in [2.45, 2.75) is 19.8 Å². The maximum atomic E-state index is 13.4. The fourth-order valence-corrected chi connectivity index (χ4v) is 2.13. The molecule has 20 heavy (non-hydrogen) atoms. The zero-order valence-electron chi connectivity index (χ0n) is 10.9. The third kappa shape index (κ3) is 3.41. The Bertz CT molecular complexity index is 636. The van der Waals surface area contributed by atoms with Crippen LogP contribution in [-0.4, -0.2) is 0 Å². The largest absolute Gasteiger partial charge is 0.457 e. The number of benzene rings is 2. The van der Waals surface area contributed by atoms with Crippen LogP contribution in [0.15, 0.2) is 36.4 Å². The second-order valence-corrected chi connectivity index (χ2v) is 5.36. The van der Waals surface area contributed by atoms with E-state index in [1.54, 1.807) is 18.2 Å². The van der Waals surface area contributed by atoms with Gasteiger partial charge in [-0.25, -0.2) is 8.78 Å². The second-order valence-electron chi connectivity index (χ2n) is 4.54. The Balaban J connectivity index is 2.32. The molecule has 2 aromatic carbocycles. The van der Waals surface area contributed by atoms with Gasteiger partial charge in [0, 0.05) is 22.5 Å². The highest BCUT2D eigenvalue weighted by atomic mass is 35.5. The van der Waals surface area contributed by atoms with Crippen LogP contribution >= 0.6 is 23.2 Å². The van der Waals surface area contributed by atoms with Crippen molar-refractivity contribution in [2.24, 2.45) is 0 Å². The third-order valence-electron chi connectivity index (χ3n) is 2.79. The number of aryl methyl sites for hydroxylation is 1. The van der Waals surface area contributed by atoms with Gasteiger partial charge in [-0.2, -0.15) is 0 Å². The molecule has 0 heterocycles. The Morgan fingerprint density at radius 2 is 1.55 bits per heavy atom. The Labute approximate surface area is 126 Å². The molecule has 0 aliphatic rings. The van der Waals surface area contributed by atoms with Gasteiger partial charge in [0.1, 0.15) is 11.5 Å². The van der Waals surface area contributed by atoms with Crippen molar-refractivity contribution in [3.05, 3.63) is 57.6 Å². The molecule has 0 atom stereocenters. The van der Waals surface area contributed by atoms with Crippen LogP contribution in [0.4, 0.5) is 8.78 Å². The molecule has 0 spiro atoms. The van der Waals surface area contributed by atoms with Crippen molar-refractivity contribution in [1.29, 1.82) is 0 Å². The summed E-state index contributed by atoms with van der Waals surface area (Å²) in [7, 11) is 0. The Kier molecular flexibility index (Phi) is 4.21. The Morgan fingerprint density at radius 3 is 2.15 bits per heavy atom. The minimum absolute atomic E-state index is 0.00629. The third-order valence-corrected chi connectivity index (χ3v) is 3.53.